The van der Waals surface area contributed by atoms with Gasteiger partial charge in [-0.1, -0.05) is 0 Å². The van der Waals surface area contributed by atoms with E-state index in [4.69, 9.17) is 22.9 Å². The van der Waals surface area contributed by atoms with Crippen molar-refractivity contribution in [3.05, 3.63) is 18.2 Å². The van der Waals surface area contributed by atoms with Crippen LogP contribution < -0.4 is 38.9 Å². The number of aliphatic hydroxyl groups is 1. The molecule has 1 aromatic heterocycles. The van der Waals surface area contributed by atoms with Crippen LogP contribution in [0, 0.1) is 0 Å². The molecule has 4 unspecified atom stereocenters. The number of aromatic amines is 1. The molecule has 1 aromatic rings. The number of H-pyrrole nitrogens is 1. The molecule has 0 bridgehead atoms. The first-order valence-corrected chi connectivity index (χ1v) is 10.8. The number of carbonyl (C=O) groups is 5. The summed E-state index contributed by atoms with van der Waals surface area (Å²) in [5.74, 6) is -5.31. The Morgan fingerprint density at radius 1 is 1.00 bits per heavy atom. The first-order chi connectivity index (χ1) is 16.9. The highest BCUT2D eigenvalue weighted by Gasteiger charge is 2.30. The molecule has 17 nitrogen and oxygen atoms in total. The fourth-order valence-corrected chi connectivity index (χ4v) is 2.92. The van der Waals surface area contributed by atoms with Gasteiger partial charge in [0.2, 0.25) is 23.6 Å². The molecule has 1 rings (SSSR count). The normalized spacial score (nSPS) is 13.9. The SMILES string of the molecule is NC(=O)CC(NC(=O)C(CCCN=C(N)N)NC(=O)C(CO)NC(=O)C(N)Cc1cnc[nH]1)C(=O)O. The van der Waals surface area contributed by atoms with E-state index in [9.17, 15) is 34.2 Å². The fraction of sp³-hybridized carbons (Fsp3) is 0.526. The van der Waals surface area contributed by atoms with Crippen LogP contribution in [0.2, 0.25) is 0 Å². The average Bonchev–Trinajstić information content (AvgIpc) is 3.30. The lowest BCUT2D eigenvalue weighted by Crippen LogP contribution is -2.58. The maximum atomic E-state index is 12.7. The van der Waals surface area contributed by atoms with Crippen molar-refractivity contribution >= 4 is 35.6 Å². The Morgan fingerprint density at radius 3 is 2.14 bits per heavy atom. The molecule has 17 heteroatoms. The molecule has 0 spiro atoms. The van der Waals surface area contributed by atoms with Crippen molar-refractivity contribution in [3.8, 4) is 0 Å². The van der Waals surface area contributed by atoms with Gasteiger partial charge >= 0.3 is 5.97 Å². The largest absolute Gasteiger partial charge is 0.480 e. The van der Waals surface area contributed by atoms with Crippen LogP contribution in [0.3, 0.4) is 0 Å². The molecule has 4 atom stereocenters. The van der Waals surface area contributed by atoms with E-state index in [2.05, 4.69) is 30.9 Å². The number of aromatic nitrogens is 2. The van der Waals surface area contributed by atoms with Crippen LogP contribution in [0.25, 0.3) is 0 Å². The Hall–Kier alpha value is -4.25. The minimum atomic E-state index is -1.64. The number of aliphatic hydroxyl groups excluding tert-OH is 1. The first kappa shape index (κ1) is 29.8. The number of nitrogens with two attached hydrogens (primary N) is 4. The Kier molecular flexibility index (Phi) is 12.3. The van der Waals surface area contributed by atoms with Crippen molar-refractivity contribution in [3.63, 3.8) is 0 Å². The second-order valence-corrected chi connectivity index (χ2v) is 7.71. The van der Waals surface area contributed by atoms with Crippen LogP contribution in [0.5, 0.6) is 0 Å². The number of guanidine groups is 1. The third-order valence-electron chi connectivity index (χ3n) is 4.75. The Balaban J connectivity index is 2.89. The molecule has 0 saturated carbocycles. The molecular weight excluding hydrogens is 480 g/mol. The zero-order chi connectivity index (χ0) is 27.3. The summed E-state index contributed by atoms with van der Waals surface area (Å²) in [6.45, 7) is -0.732. The van der Waals surface area contributed by atoms with E-state index in [-0.39, 0.29) is 31.8 Å². The van der Waals surface area contributed by atoms with Crippen molar-refractivity contribution in [2.45, 2.75) is 49.9 Å². The third-order valence-corrected chi connectivity index (χ3v) is 4.75. The number of carbonyl (C=O) groups excluding carboxylic acids is 4. The molecule has 0 radical (unpaired) electrons. The van der Waals surface area contributed by atoms with E-state index < -0.39 is 66.8 Å². The van der Waals surface area contributed by atoms with Gasteiger partial charge in [0.05, 0.1) is 25.4 Å². The highest BCUT2D eigenvalue weighted by Crippen LogP contribution is 2.03. The maximum absolute atomic E-state index is 12.7. The van der Waals surface area contributed by atoms with Crippen LogP contribution >= 0.6 is 0 Å². The van der Waals surface area contributed by atoms with Crippen LogP contribution in [-0.2, 0) is 30.4 Å². The fourth-order valence-electron chi connectivity index (χ4n) is 2.92. The lowest BCUT2D eigenvalue weighted by Gasteiger charge is -2.24. The molecule has 0 aromatic carbocycles. The van der Waals surface area contributed by atoms with Crippen LogP contribution in [-0.4, -0.2) is 93.1 Å². The monoisotopic (exact) mass is 512 g/mol. The highest BCUT2D eigenvalue weighted by atomic mass is 16.4. The molecule has 0 aliphatic rings. The van der Waals surface area contributed by atoms with Crippen molar-refractivity contribution in [1.29, 1.82) is 0 Å². The van der Waals surface area contributed by atoms with Crippen LogP contribution in [0.15, 0.2) is 17.5 Å². The molecule has 14 N–H and O–H groups in total. The number of amides is 4. The summed E-state index contributed by atoms with van der Waals surface area (Å²) in [7, 11) is 0. The van der Waals surface area contributed by atoms with Crippen LogP contribution in [0.4, 0.5) is 0 Å². The number of carboxylic acid groups (broad SMARTS) is 1. The number of imidazole rings is 1. The van der Waals surface area contributed by atoms with E-state index in [0.717, 1.165) is 0 Å². The topological polar surface area (TPSA) is 307 Å². The molecule has 0 fully saturated rings. The van der Waals surface area contributed by atoms with E-state index in [1.807, 2.05) is 0 Å². The predicted molar refractivity (Wildman–Crippen MR) is 125 cm³/mol. The molecule has 4 amide bonds. The van der Waals surface area contributed by atoms with Gasteiger partial charge in [0.1, 0.15) is 18.1 Å². The van der Waals surface area contributed by atoms with Crippen molar-refractivity contribution < 1.29 is 34.2 Å². The van der Waals surface area contributed by atoms with E-state index in [1.165, 1.54) is 12.5 Å². The Labute approximate surface area is 205 Å². The van der Waals surface area contributed by atoms with Gasteiger partial charge in [-0.2, -0.15) is 0 Å². The number of nitrogens with one attached hydrogen (secondary N) is 4. The van der Waals surface area contributed by atoms with E-state index >= 15 is 0 Å². The number of aliphatic imine (C=N–C) groups is 1. The molecule has 200 valence electrons. The second-order valence-electron chi connectivity index (χ2n) is 7.71. The minimum absolute atomic E-state index is 0.0529. The zero-order valence-corrected chi connectivity index (χ0v) is 19.3. The van der Waals surface area contributed by atoms with Gasteiger partial charge < -0.3 is 54.1 Å². The van der Waals surface area contributed by atoms with Gasteiger partial charge in [0.25, 0.3) is 0 Å². The molecule has 1 heterocycles. The van der Waals surface area contributed by atoms with Crippen LogP contribution in [0.1, 0.15) is 25.0 Å². The van der Waals surface area contributed by atoms with Gasteiger partial charge in [-0.05, 0) is 12.8 Å². The molecule has 0 aliphatic heterocycles. The Morgan fingerprint density at radius 2 is 1.61 bits per heavy atom. The number of rotatable bonds is 16. The summed E-state index contributed by atoms with van der Waals surface area (Å²) in [6, 6.07) is -5.51. The number of primary amides is 1. The lowest BCUT2D eigenvalue weighted by molar-refractivity contribution is -0.143. The number of nitrogens with zero attached hydrogens (tertiary/aromatic N) is 2. The quantitative estimate of drug-likeness (QED) is 0.0566. The summed E-state index contributed by atoms with van der Waals surface area (Å²) < 4.78 is 0. The predicted octanol–water partition coefficient (Wildman–Crippen LogP) is -5.26. The molecular formula is C19H32N10O7. The van der Waals surface area contributed by atoms with Gasteiger partial charge in [-0.15, -0.1) is 0 Å². The number of hydrogen-bond acceptors (Lipinski definition) is 9. The molecule has 36 heavy (non-hydrogen) atoms. The highest BCUT2D eigenvalue weighted by molar-refractivity contribution is 5.95. The smallest absolute Gasteiger partial charge is 0.326 e. The summed E-state index contributed by atoms with van der Waals surface area (Å²) in [6.07, 6.45) is 2.41. The zero-order valence-electron chi connectivity index (χ0n) is 19.3. The third kappa shape index (κ3) is 10.8. The van der Waals surface area contributed by atoms with Crippen molar-refractivity contribution in [2.75, 3.05) is 13.2 Å². The number of hydrogen-bond donors (Lipinski definition) is 10. The van der Waals surface area contributed by atoms with Gasteiger partial charge in [0, 0.05) is 24.9 Å². The number of aliphatic carboxylic acids is 1. The Bertz CT molecular complexity index is 933. The summed E-state index contributed by atoms with van der Waals surface area (Å²) in [5.41, 5.74) is 21.9. The van der Waals surface area contributed by atoms with E-state index in [0.29, 0.717) is 5.69 Å². The average molecular weight is 513 g/mol. The van der Waals surface area contributed by atoms with Gasteiger partial charge in [-0.3, -0.25) is 24.2 Å². The standard InChI is InChI=1S/C19H32N10O7/c20-10(4-9-6-24-8-26-9)15(32)29-13(7-30)17(34)27-11(2-1-3-25-19(22)23)16(33)28-12(18(35)36)5-14(21)31/h6,8,10-13,30H,1-5,7,20H2,(H2,21,31)(H,24,26)(H,27,34)(H,28,33)(H,29,32)(H,35,36)(H4,22,23,25). The molecule has 0 saturated heterocycles. The second kappa shape index (κ2) is 14.9. The number of carboxylic acids is 1. The van der Waals surface area contributed by atoms with Crippen molar-refractivity contribution in [1.82, 2.24) is 25.9 Å². The minimum Gasteiger partial charge on any atom is -0.480 e. The van der Waals surface area contributed by atoms with Gasteiger partial charge in [0.15, 0.2) is 5.96 Å². The van der Waals surface area contributed by atoms with Gasteiger partial charge in [-0.25, -0.2) is 9.78 Å². The maximum Gasteiger partial charge on any atom is 0.326 e. The molecule has 0 aliphatic carbocycles. The first-order valence-electron chi connectivity index (χ1n) is 10.8. The van der Waals surface area contributed by atoms with Crippen molar-refractivity contribution in [2.24, 2.45) is 27.9 Å². The summed E-state index contributed by atoms with van der Waals surface area (Å²) in [5, 5.41) is 25.6. The summed E-state index contributed by atoms with van der Waals surface area (Å²) in [4.78, 5) is 70.6. The summed E-state index contributed by atoms with van der Waals surface area (Å²) >= 11 is 0. The lowest BCUT2D eigenvalue weighted by atomic mass is 10.1. The van der Waals surface area contributed by atoms with E-state index in [1.54, 1.807) is 0 Å².